The molecule has 2 aliphatic rings. The summed E-state index contributed by atoms with van der Waals surface area (Å²) in [6.45, 7) is 0.843. The second-order valence-corrected chi connectivity index (χ2v) is 6.18. The topological polar surface area (TPSA) is 50.5 Å². The van der Waals surface area contributed by atoms with Crippen LogP contribution in [0.5, 0.6) is 0 Å². The van der Waals surface area contributed by atoms with E-state index in [1.165, 1.54) is 44.1 Å². The van der Waals surface area contributed by atoms with E-state index in [0.29, 0.717) is 0 Å². The SMILES string of the molecule is CN(C)C1(C(NN)C2=COCCC2)CCCCCC1. The van der Waals surface area contributed by atoms with E-state index in [1.807, 2.05) is 6.26 Å². The van der Waals surface area contributed by atoms with Crippen molar-refractivity contribution >= 4 is 0 Å². The molecular formula is C15H29N3O. The van der Waals surface area contributed by atoms with Gasteiger partial charge in [0.05, 0.1) is 18.9 Å². The van der Waals surface area contributed by atoms with Gasteiger partial charge in [0.1, 0.15) is 0 Å². The fourth-order valence-corrected chi connectivity index (χ4v) is 3.74. The molecule has 1 aliphatic heterocycles. The molecule has 1 atom stereocenters. The Labute approximate surface area is 117 Å². The maximum atomic E-state index is 5.94. The minimum absolute atomic E-state index is 0.137. The van der Waals surface area contributed by atoms with Crippen molar-refractivity contribution in [2.45, 2.75) is 62.9 Å². The van der Waals surface area contributed by atoms with Gasteiger partial charge in [-0.3, -0.25) is 11.3 Å². The van der Waals surface area contributed by atoms with Crippen molar-refractivity contribution in [1.82, 2.24) is 10.3 Å². The molecule has 0 spiro atoms. The number of likely N-dealkylation sites (N-methyl/N-ethyl adjacent to an activating group) is 1. The minimum Gasteiger partial charge on any atom is -0.501 e. The Morgan fingerprint density at radius 1 is 1.21 bits per heavy atom. The van der Waals surface area contributed by atoms with Gasteiger partial charge < -0.3 is 9.64 Å². The van der Waals surface area contributed by atoms with Gasteiger partial charge in [-0.2, -0.15) is 0 Å². The maximum absolute atomic E-state index is 5.94. The summed E-state index contributed by atoms with van der Waals surface area (Å²) >= 11 is 0. The van der Waals surface area contributed by atoms with Gasteiger partial charge in [0.2, 0.25) is 0 Å². The summed E-state index contributed by atoms with van der Waals surface area (Å²) in [6, 6.07) is 0.209. The highest BCUT2D eigenvalue weighted by Gasteiger charge is 2.42. The maximum Gasteiger partial charge on any atom is 0.0876 e. The molecule has 0 radical (unpaired) electrons. The third-order valence-corrected chi connectivity index (χ3v) is 4.90. The summed E-state index contributed by atoms with van der Waals surface area (Å²) in [4.78, 5) is 2.39. The van der Waals surface area contributed by atoms with E-state index in [2.05, 4.69) is 24.4 Å². The smallest absolute Gasteiger partial charge is 0.0876 e. The molecule has 1 unspecified atom stereocenters. The zero-order chi connectivity index (χ0) is 13.7. The summed E-state index contributed by atoms with van der Waals surface area (Å²) in [6.07, 6.45) is 11.9. The van der Waals surface area contributed by atoms with E-state index < -0.39 is 0 Å². The lowest BCUT2D eigenvalue weighted by molar-refractivity contribution is 0.0874. The fourth-order valence-electron chi connectivity index (χ4n) is 3.74. The van der Waals surface area contributed by atoms with Gasteiger partial charge in [0.25, 0.3) is 0 Å². The van der Waals surface area contributed by atoms with Gasteiger partial charge in [-0.05, 0) is 45.4 Å². The number of hydrogen-bond donors (Lipinski definition) is 2. The molecule has 0 aromatic heterocycles. The van der Waals surface area contributed by atoms with Crippen LogP contribution in [-0.4, -0.2) is 37.2 Å². The highest BCUT2D eigenvalue weighted by molar-refractivity contribution is 5.19. The van der Waals surface area contributed by atoms with E-state index in [1.54, 1.807) is 0 Å². The molecule has 110 valence electrons. The Balaban J connectivity index is 2.26. The highest BCUT2D eigenvalue weighted by atomic mass is 16.5. The molecule has 0 aromatic rings. The van der Waals surface area contributed by atoms with Gasteiger partial charge in [-0.1, -0.05) is 25.7 Å². The van der Waals surface area contributed by atoms with Crippen molar-refractivity contribution in [2.24, 2.45) is 5.84 Å². The van der Waals surface area contributed by atoms with E-state index in [9.17, 15) is 0 Å². The van der Waals surface area contributed by atoms with Gasteiger partial charge in [0.15, 0.2) is 0 Å². The van der Waals surface area contributed by atoms with Gasteiger partial charge in [-0.25, -0.2) is 0 Å². The summed E-state index contributed by atoms with van der Waals surface area (Å²) in [5, 5.41) is 0. The first-order valence-corrected chi connectivity index (χ1v) is 7.65. The first-order valence-electron chi connectivity index (χ1n) is 7.65. The van der Waals surface area contributed by atoms with Crippen molar-refractivity contribution in [3.63, 3.8) is 0 Å². The number of nitrogens with zero attached hydrogens (tertiary/aromatic N) is 1. The first-order chi connectivity index (χ1) is 9.20. The minimum atomic E-state index is 0.137. The van der Waals surface area contributed by atoms with Gasteiger partial charge in [0, 0.05) is 5.54 Å². The number of hydrazine groups is 1. The van der Waals surface area contributed by atoms with Crippen LogP contribution in [0.1, 0.15) is 51.4 Å². The monoisotopic (exact) mass is 267 g/mol. The Bertz CT molecular complexity index is 307. The predicted molar refractivity (Wildman–Crippen MR) is 78.5 cm³/mol. The van der Waals surface area contributed by atoms with Crippen molar-refractivity contribution in [2.75, 3.05) is 20.7 Å². The molecular weight excluding hydrogens is 238 g/mol. The lowest BCUT2D eigenvalue weighted by Crippen LogP contribution is -2.61. The van der Waals surface area contributed by atoms with Crippen LogP contribution in [0, 0.1) is 0 Å². The Morgan fingerprint density at radius 2 is 1.89 bits per heavy atom. The highest BCUT2D eigenvalue weighted by Crippen LogP contribution is 2.37. The van der Waals surface area contributed by atoms with Crippen molar-refractivity contribution in [1.29, 1.82) is 0 Å². The second kappa shape index (κ2) is 6.73. The lowest BCUT2D eigenvalue weighted by atomic mass is 9.77. The van der Waals surface area contributed by atoms with Crippen LogP contribution in [0.15, 0.2) is 11.8 Å². The van der Waals surface area contributed by atoms with Crippen LogP contribution in [0.25, 0.3) is 0 Å². The molecule has 0 bridgehead atoms. The normalized spacial score (nSPS) is 25.4. The first kappa shape index (κ1) is 14.8. The Kier molecular flexibility index (Phi) is 5.25. The van der Waals surface area contributed by atoms with Crippen LogP contribution in [0.2, 0.25) is 0 Å². The molecule has 1 fully saturated rings. The number of hydrogen-bond acceptors (Lipinski definition) is 4. The average Bonchev–Trinajstić information content (AvgIpc) is 2.68. The van der Waals surface area contributed by atoms with Gasteiger partial charge >= 0.3 is 0 Å². The zero-order valence-electron chi connectivity index (χ0n) is 12.5. The van der Waals surface area contributed by atoms with Crippen molar-refractivity contribution in [3.8, 4) is 0 Å². The Morgan fingerprint density at radius 3 is 2.37 bits per heavy atom. The summed E-state index contributed by atoms with van der Waals surface area (Å²) < 4.78 is 5.54. The number of rotatable bonds is 4. The van der Waals surface area contributed by atoms with Crippen LogP contribution in [-0.2, 0) is 4.74 Å². The fraction of sp³-hybridized carbons (Fsp3) is 0.867. The largest absolute Gasteiger partial charge is 0.501 e. The van der Waals surface area contributed by atoms with E-state index >= 15 is 0 Å². The molecule has 0 saturated heterocycles. The molecule has 0 amide bonds. The molecule has 1 saturated carbocycles. The summed E-state index contributed by atoms with van der Waals surface area (Å²) in [7, 11) is 4.39. The molecule has 1 aliphatic carbocycles. The van der Waals surface area contributed by atoms with E-state index in [4.69, 9.17) is 10.6 Å². The van der Waals surface area contributed by atoms with E-state index in [-0.39, 0.29) is 11.6 Å². The standard InChI is InChI=1S/C15H29N3O/c1-18(2)15(9-5-3-4-6-10-15)14(17-16)13-8-7-11-19-12-13/h12,14,17H,3-11,16H2,1-2H3. The van der Waals surface area contributed by atoms with Crippen molar-refractivity contribution < 1.29 is 4.74 Å². The zero-order valence-corrected chi connectivity index (χ0v) is 12.5. The predicted octanol–water partition coefficient (Wildman–Crippen LogP) is 2.17. The molecule has 3 N–H and O–H groups in total. The Hall–Kier alpha value is -0.580. The van der Waals surface area contributed by atoms with Crippen LogP contribution < -0.4 is 11.3 Å². The summed E-state index contributed by atoms with van der Waals surface area (Å²) in [5.74, 6) is 5.94. The van der Waals surface area contributed by atoms with Crippen LogP contribution >= 0.6 is 0 Å². The van der Waals surface area contributed by atoms with Crippen molar-refractivity contribution in [3.05, 3.63) is 11.8 Å². The molecule has 0 aromatic carbocycles. The lowest BCUT2D eigenvalue weighted by Gasteiger charge is -2.46. The summed E-state index contributed by atoms with van der Waals surface area (Å²) in [5.41, 5.74) is 4.58. The number of nitrogens with two attached hydrogens (primary N) is 1. The molecule has 4 nitrogen and oxygen atoms in total. The van der Waals surface area contributed by atoms with Gasteiger partial charge in [-0.15, -0.1) is 0 Å². The number of nitrogens with one attached hydrogen (secondary N) is 1. The van der Waals surface area contributed by atoms with E-state index in [0.717, 1.165) is 19.4 Å². The third-order valence-electron chi connectivity index (χ3n) is 4.90. The number of ether oxygens (including phenoxy) is 1. The molecule has 2 rings (SSSR count). The molecule has 4 heteroatoms. The van der Waals surface area contributed by atoms with Crippen LogP contribution in [0.4, 0.5) is 0 Å². The second-order valence-electron chi connectivity index (χ2n) is 6.18. The third kappa shape index (κ3) is 3.12. The quantitative estimate of drug-likeness (QED) is 0.466. The molecule has 19 heavy (non-hydrogen) atoms. The van der Waals surface area contributed by atoms with Crippen LogP contribution in [0.3, 0.4) is 0 Å². The average molecular weight is 267 g/mol. The molecule has 1 heterocycles.